The third-order valence-electron chi connectivity index (χ3n) is 2.87. The number of carbonyl (C=O) groups excluding carboxylic acids is 1. The van der Waals surface area contributed by atoms with Crippen LogP contribution in [0.1, 0.15) is 31.9 Å². The van der Waals surface area contributed by atoms with Gasteiger partial charge in [-0.1, -0.05) is 0 Å². The zero-order valence-electron chi connectivity index (χ0n) is 11.9. The summed E-state index contributed by atoms with van der Waals surface area (Å²) in [5, 5.41) is 12.3. The van der Waals surface area contributed by atoms with E-state index in [1.807, 2.05) is 0 Å². The Morgan fingerprint density at radius 1 is 1.55 bits per heavy atom. The van der Waals surface area contributed by atoms with Crippen LogP contribution in [-0.2, 0) is 22.5 Å². The van der Waals surface area contributed by atoms with Crippen molar-refractivity contribution in [2.75, 3.05) is 5.73 Å². The predicted molar refractivity (Wildman–Crippen MR) is 76.3 cm³/mol. The lowest BCUT2D eigenvalue weighted by Crippen LogP contribution is -2.33. The lowest BCUT2D eigenvalue weighted by molar-refractivity contribution is 0.0523. The molecule has 1 aromatic carbocycles. The molecule has 0 spiro atoms. The lowest BCUT2D eigenvalue weighted by Gasteiger charge is -2.20. The van der Waals surface area contributed by atoms with Crippen LogP contribution in [-0.4, -0.2) is 23.8 Å². The summed E-state index contributed by atoms with van der Waals surface area (Å²) in [5.41, 5.74) is 8.12. The van der Waals surface area contributed by atoms with Crippen molar-refractivity contribution in [3.8, 4) is 0 Å². The van der Waals surface area contributed by atoms with E-state index in [1.54, 1.807) is 32.9 Å². The van der Waals surface area contributed by atoms with E-state index in [0.717, 1.165) is 11.1 Å². The number of amides is 1. The van der Waals surface area contributed by atoms with E-state index in [-0.39, 0.29) is 6.54 Å². The third kappa shape index (κ3) is 3.43. The minimum absolute atomic E-state index is 0.276. The maximum atomic E-state index is 11.6. The molecule has 0 saturated carbocycles. The van der Waals surface area contributed by atoms with E-state index in [4.69, 9.17) is 15.1 Å². The number of carbonyl (C=O) groups is 1. The number of hydrogen-bond acceptors (Lipinski definition) is 5. The van der Waals surface area contributed by atoms with Crippen LogP contribution < -0.4 is 16.5 Å². The summed E-state index contributed by atoms with van der Waals surface area (Å²) in [4.78, 5) is 11.6. The van der Waals surface area contributed by atoms with E-state index in [0.29, 0.717) is 17.8 Å². The van der Waals surface area contributed by atoms with Gasteiger partial charge in [0.05, 0.1) is 6.61 Å². The fourth-order valence-electron chi connectivity index (χ4n) is 2.07. The van der Waals surface area contributed by atoms with Crippen LogP contribution in [0.15, 0.2) is 12.1 Å². The highest BCUT2D eigenvalue weighted by Crippen LogP contribution is 2.18. The van der Waals surface area contributed by atoms with Crippen LogP contribution in [0.5, 0.6) is 0 Å². The zero-order valence-corrected chi connectivity index (χ0v) is 11.9. The SMILES string of the molecule is CC(C)(C)OC(=O)NCc1cc(N)cc2c1COB2O. The van der Waals surface area contributed by atoms with Gasteiger partial charge in [-0.05, 0) is 49.5 Å². The largest absolute Gasteiger partial charge is 0.491 e. The summed E-state index contributed by atoms with van der Waals surface area (Å²) in [6.45, 7) is 5.99. The van der Waals surface area contributed by atoms with Crippen molar-refractivity contribution in [1.82, 2.24) is 5.32 Å². The molecule has 1 aliphatic rings. The number of ether oxygens (including phenoxy) is 1. The fraction of sp³-hybridized carbons (Fsp3) is 0.462. The van der Waals surface area contributed by atoms with Gasteiger partial charge in [0.25, 0.3) is 0 Å². The molecule has 0 atom stereocenters. The molecule has 6 nitrogen and oxygen atoms in total. The Labute approximate surface area is 118 Å². The number of alkyl carbamates (subject to hydrolysis) is 1. The van der Waals surface area contributed by atoms with Crippen LogP contribution in [0.3, 0.4) is 0 Å². The molecule has 1 aliphatic heterocycles. The summed E-state index contributed by atoms with van der Waals surface area (Å²) in [7, 11) is -0.950. The molecule has 0 saturated heterocycles. The molecule has 20 heavy (non-hydrogen) atoms. The second-order valence-electron chi connectivity index (χ2n) is 5.77. The quantitative estimate of drug-likeness (QED) is 0.541. The monoisotopic (exact) mass is 278 g/mol. The van der Waals surface area contributed by atoms with Crippen LogP contribution in [0.4, 0.5) is 10.5 Å². The van der Waals surface area contributed by atoms with Crippen molar-refractivity contribution in [2.45, 2.75) is 39.5 Å². The first-order valence-electron chi connectivity index (χ1n) is 6.44. The van der Waals surface area contributed by atoms with Crippen LogP contribution in [0.2, 0.25) is 0 Å². The number of nitrogen functional groups attached to an aromatic ring is 1. The molecule has 0 aliphatic carbocycles. The molecule has 1 amide bonds. The Bertz CT molecular complexity index is 528. The molecule has 1 aromatic rings. The van der Waals surface area contributed by atoms with Gasteiger partial charge in [-0.2, -0.15) is 0 Å². The second kappa shape index (κ2) is 5.34. The van der Waals surface area contributed by atoms with Gasteiger partial charge in [-0.3, -0.25) is 0 Å². The van der Waals surface area contributed by atoms with Crippen molar-refractivity contribution in [2.24, 2.45) is 0 Å². The zero-order chi connectivity index (χ0) is 14.9. The van der Waals surface area contributed by atoms with E-state index in [9.17, 15) is 9.82 Å². The summed E-state index contributed by atoms with van der Waals surface area (Å²) < 4.78 is 10.3. The molecule has 0 unspecified atom stereocenters. The maximum absolute atomic E-state index is 11.6. The molecule has 7 heteroatoms. The van der Waals surface area contributed by atoms with Gasteiger partial charge in [0, 0.05) is 12.2 Å². The fourth-order valence-corrected chi connectivity index (χ4v) is 2.07. The first-order chi connectivity index (χ1) is 9.26. The van der Waals surface area contributed by atoms with Gasteiger partial charge < -0.3 is 25.5 Å². The molecule has 4 N–H and O–H groups in total. The van der Waals surface area contributed by atoms with E-state index < -0.39 is 18.8 Å². The number of fused-ring (bicyclic) bond motifs is 1. The van der Waals surface area contributed by atoms with E-state index in [1.165, 1.54) is 0 Å². The van der Waals surface area contributed by atoms with Gasteiger partial charge >= 0.3 is 13.2 Å². The highest BCUT2D eigenvalue weighted by Gasteiger charge is 2.29. The first-order valence-corrected chi connectivity index (χ1v) is 6.44. The third-order valence-corrected chi connectivity index (χ3v) is 2.87. The minimum Gasteiger partial charge on any atom is -0.444 e. The molecular weight excluding hydrogens is 259 g/mol. The van der Waals surface area contributed by atoms with Gasteiger partial charge in [-0.25, -0.2) is 4.79 Å². The van der Waals surface area contributed by atoms with Crippen LogP contribution in [0, 0.1) is 0 Å². The molecule has 0 bridgehead atoms. The van der Waals surface area contributed by atoms with Crippen molar-refractivity contribution in [3.05, 3.63) is 23.3 Å². The molecule has 108 valence electrons. The number of rotatable bonds is 2. The van der Waals surface area contributed by atoms with Gasteiger partial charge in [0.2, 0.25) is 0 Å². The van der Waals surface area contributed by atoms with Gasteiger partial charge in [-0.15, -0.1) is 0 Å². The second-order valence-corrected chi connectivity index (χ2v) is 5.77. The molecule has 1 heterocycles. The average Bonchev–Trinajstić information content (AvgIpc) is 2.66. The lowest BCUT2D eigenvalue weighted by atomic mass is 9.78. The molecule has 0 aromatic heterocycles. The normalized spacial score (nSPS) is 14.1. The average molecular weight is 278 g/mol. The Balaban J connectivity index is 2.08. The van der Waals surface area contributed by atoms with Crippen molar-refractivity contribution >= 4 is 24.4 Å². The number of benzene rings is 1. The highest BCUT2D eigenvalue weighted by molar-refractivity contribution is 6.61. The molecular formula is C13H19BN2O4. The van der Waals surface area contributed by atoms with Crippen LogP contribution >= 0.6 is 0 Å². The first kappa shape index (κ1) is 14.7. The Morgan fingerprint density at radius 2 is 2.25 bits per heavy atom. The topological polar surface area (TPSA) is 93.8 Å². The minimum atomic E-state index is -0.950. The van der Waals surface area contributed by atoms with Crippen molar-refractivity contribution in [3.63, 3.8) is 0 Å². The summed E-state index contributed by atoms with van der Waals surface area (Å²) in [5.74, 6) is 0. The Morgan fingerprint density at radius 3 is 2.90 bits per heavy atom. The number of hydrogen-bond donors (Lipinski definition) is 3. The summed E-state index contributed by atoms with van der Waals surface area (Å²) in [6.07, 6.45) is -0.492. The Hall–Kier alpha value is -1.73. The van der Waals surface area contributed by atoms with Crippen LogP contribution in [0.25, 0.3) is 0 Å². The van der Waals surface area contributed by atoms with Gasteiger partial charge in [0.15, 0.2) is 0 Å². The number of nitrogens with one attached hydrogen (secondary N) is 1. The summed E-state index contributed by atoms with van der Waals surface area (Å²) >= 11 is 0. The summed E-state index contributed by atoms with van der Waals surface area (Å²) in [6, 6.07) is 3.45. The molecule has 0 fully saturated rings. The number of anilines is 1. The van der Waals surface area contributed by atoms with E-state index in [2.05, 4.69) is 5.32 Å². The Kier molecular flexibility index (Phi) is 3.92. The smallest absolute Gasteiger partial charge is 0.444 e. The standard InChI is InChI=1S/C13H19BN2O4/c1-13(2,3)20-12(17)16-6-8-4-9(15)5-11-10(8)7-19-14(11)18/h4-5,18H,6-7,15H2,1-3H3,(H,16,17). The highest BCUT2D eigenvalue weighted by atomic mass is 16.6. The molecule has 2 rings (SSSR count). The maximum Gasteiger partial charge on any atom is 0.491 e. The van der Waals surface area contributed by atoms with Gasteiger partial charge in [0.1, 0.15) is 5.60 Å². The van der Waals surface area contributed by atoms with Crippen molar-refractivity contribution < 1.29 is 19.2 Å². The van der Waals surface area contributed by atoms with Crippen molar-refractivity contribution in [1.29, 1.82) is 0 Å². The molecule has 0 radical (unpaired) electrons. The van der Waals surface area contributed by atoms with E-state index >= 15 is 0 Å². The predicted octanol–water partition coefficient (Wildman–Crippen LogP) is 0.511. The number of nitrogens with two attached hydrogens (primary N) is 1.